The van der Waals surface area contributed by atoms with Crippen LogP contribution in [0.4, 0.5) is 0 Å². The molecule has 0 unspecified atom stereocenters. The number of hydrogen-bond donors (Lipinski definition) is 0. The van der Waals surface area contributed by atoms with Crippen LogP contribution in [0, 0.1) is 0 Å². The molecule has 168 valence electrons. The molecule has 4 rings (SSSR count). The second-order valence-electron chi connectivity index (χ2n) is 9.19. The number of amides is 3. The minimum atomic E-state index is -1.24. The molecule has 1 aliphatic carbocycles. The molecule has 31 heavy (non-hydrogen) atoms. The van der Waals surface area contributed by atoms with Gasteiger partial charge in [-0.25, -0.2) is 0 Å². The molecular formula is C24H31ClN2O4. The summed E-state index contributed by atoms with van der Waals surface area (Å²) in [5, 5.41) is 0.419. The molecule has 0 bridgehead atoms. The number of benzene rings is 1. The minimum Gasteiger partial charge on any atom is -0.376 e. The quantitative estimate of drug-likeness (QED) is 0.625. The van der Waals surface area contributed by atoms with Crippen LogP contribution in [0.15, 0.2) is 24.3 Å². The molecule has 2 heterocycles. The van der Waals surface area contributed by atoms with E-state index >= 15 is 0 Å². The largest absolute Gasteiger partial charge is 0.376 e. The van der Waals surface area contributed by atoms with E-state index in [1.165, 1.54) is 4.90 Å². The lowest BCUT2D eigenvalue weighted by atomic mass is 9.75. The highest BCUT2D eigenvalue weighted by molar-refractivity contribution is 6.32. The van der Waals surface area contributed by atoms with Gasteiger partial charge in [-0.15, -0.1) is 0 Å². The highest BCUT2D eigenvalue weighted by atomic mass is 35.5. The van der Waals surface area contributed by atoms with E-state index in [2.05, 4.69) is 0 Å². The van der Waals surface area contributed by atoms with Gasteiger partial charge in [0.05, 0.1) is 11.5 Å². The van der Waals surface area contributed by atoms with Crippen molar-refractivity contribution in [2.24, 2.45) is 0 Å². The average molecular weight is 447 g/mol. The molecule has 2 aliphatic heterocycles. The standard InChI is InChI=1S/C24H31ClN2O4/c1-26(16-18-10-6-7-13-31-18)21(28)14-24(19-11-4-5-12-20(19)25)15-22(29)27(23(24)30)17-8-2-3-9-17/h4-5,11-12,17-18H,2-3,6-10,13-16H2,1H3/t18-,24-/m1/s1. The van der Waals surface area contributed by atoms with Crippen LogP contribution in [0.1, 0.15) is 63.4 Å². The summed E-state index contributed by atoms with van der Waals surface area (Å²) in [6, 6.07) is 7.04. The molecule has 1 aromatic rings. The summed E-state index contributed by atoms with van der Waals surface area (Å²) in [5.41, 5.74) is -0.664. The van der Waals surface area contributed by atoms with Crippen LogP contribution in [0.3, 0.4) is 0 Å². The Morgan fingerprint density at radius 3 is 2.55 bits per heavy atom. The Bertz CT molecular complexity index is 848. The summed E-state index contributed by atoms with van der Waals surface area (Å²) >= 11 is 6.51. The number of likely N-dealkylation sites (tertiary alicyclic amines) is 1. The van der Waals surface area contributed by atoms with E-state index in [1.54, 1.807) is 30.1 Å². The average Bonchev–Trinajstić information content (AvgIpc) is 3.36. The predicted molar refractivity (Wildman–Crippen MR) is 118 cm³/mol. The Labute approximate surface area is 188 Å². The maximum absolute atomic E-state index is 13.8. The maximum atomic E-state index is 13.8. The van der Waals surface area contributed by atoms with Crippen molar-refractivity contribution in [1.29, 1.82) is 0 Å². The van der Waals surface area contributed by atoms with E-state index < -0.39 is 5.41 Å². The molecular weight excluding hydrogens is 416 g/mol. The van der Waals surface area contributed by atoms with Crippen molar-refractivity contribution in [2.75, 3.05) is 20.2 Å². The van der Waals surface area contributed by atoms with Crippen LogP contribution < -0.4 is 0 Å². The number of hydrogen-bond acceptors (Lipinski definition) is 4. The predicted octanol–water partition coefficient (Wildman–Crippen LogP) is 3.70. The lowest BCUT2D eigenvalue weighted by molar-refractivity contribution is -0.144. The molecule has 0 aromatic heterocycles. The van der Waals surface area contributed by atoms with Crippen molar-refractivity contribution in [1.82, 2.24) is 9.80 Å². The fourth-order valence-corrected chi connectivity index (χ4v) is 5.66. The number of carbonyl (C=O) groups is 3. The number of likely N-dealkylation sites (N-methyl/N-ethyl adjacent to an activating group) is 1. The molecule has 0 radical (unpaired) electrons. The first kappa shape index (κ1) is 22.3. The SMILES string of the molecule is CN(C[C@H]1CCCCO1)C(=O)C[C@]1(c2ccccc2Cl)CC(=O)N(C2CCCC2)C1=O. The van der Waals surface area contributed by atoms with E-state index in [4.69, 9.17) is 16.3 Å². The number of carbonyl (C=O) groups excluding carboxylic acids is 3. The van der Waals surface area contributed by atoms with Gasteiger partial charge in [-0.2, -0.15) is 0 Å². The van der Waals surface area contributed by atoms with Gasteiger partial charge < -0.3 is 9.64 Å². The molecule has 3 fully saturated rings. The summed E-state index contributed by atoms with van der Waals surface area (Å²) in [6.07, 6.45) is 6.74. The highest BCUT2D eigenvalue weighted by Gasteiger charge is 2.56. The summed E-state index contributed by atoms with van der Waals surface area (Å²) < 4.78 is 5.78. The Hall–Kier alpha value is -1.92. The molecule has 2 atom stereocenters. The van der Waals surface area contributed by atoms with Gasteiger partial charge in [0.1, 0.15) is 0 Å². The molecule has 0 N–H and O–H groups in total. The first-order chi connectivity index (χ1) is 14.9. The molecule has 1 saturated carbocycles. The lowest BCUT2D eigenvalue weighted by Gasteiger charge is -2.32. The number of imide groups is 1. The first-order valence-corrected chi connectivity index (χ1v) is 11.8. The molecule has 7 heteroatoms. The normalized spacial score (nSPS) is 27.2. The van der Waals surface area contributed by atoms with Crippen LogP contribution in [0.2, 0.25) is 5.02 Å². The zero-order valence-electron chi connectivity index (χ0n) is 18.1. The van der Waals surface area contributed by atoms with Crippen LogP contribution in [-0.4, -0.2) is 59.9 Å². The third-order valence-corrected chi connectivity index (χ3v) is 7.39. The topological polar surface area (TPSA) is 66.9 Å². The third-order valence-electron chi connectivity index (χ3n) is 7.06. The molecule has 1 aromatic carbocycles. The highest BCUT2D eigenvalue weighted by Crippen LogP contribution is 2.45. The Morgan fingerprint density at radius 2 is 1.87 bits per heavy atom. The fraction of sp³-hybridized carbons (Fsp3) is 0.625. The van der Waals surface area contributed by atoms with Gasteiger partial charge in [-0.1, -0.05) is 42.6 Å². The molecule has 2 saturated heterocycles. The first-order valence-electron chi connectivity index (χ1n) is 11.4. The summed E-state index contributed by atoms with van der Waals surface area (Å²) in [6.45, 7) is 1.21. The second-order valence-corrected chi connectivity index (χ2v) is 9.59. The van der Waals surface area contributed by atoms with E-state index in [0.29, 0.717) is 17.1 Å². The smallest absolute Gasteiger partial charge is 0.241 e. The van der Waals surface area contributed by atoms with Gasteiger partial charge >= 0.3 is 0 Å². The van der Waals surface area contributed by atoms with Gasteiger partial charge in [-0.3, -0.25) is 19.3 Å². The van der Waals surface area contributed by atoms with Crippen molar-refractivity contribution in [2.45, 2.75) is 75.3 Å². The Kier molecular flexibility index (Phi) is 6.68. The molecule has 0 spiro atoms. The van der Waals surface area contributed by atoms with E-state index in [0.717, 1.165) is 51.6 Å². The zero-order chi connectivity index (χ0) is 22.0. The molecule has 6 nitrogen and oxygen atoms in total. The minimum absolute atomic E-state index is 0.00836. The summed E-state index contributed by atoms with van der Waals surface area (Å²) in [4.78, 5) is 43.2. The Morgan fingerprint density at radius 1 is 1.16 bits per heavy atom. The fourth-order valence-electron chi connectivity index (χ4n) is 5.34. The maximum Gasteiger partial charge on any atom is 0.241 e. The van der Waals surface area contributed by atoms with Crippen molar-refractivity contribution in [3.8, 4) is 0 Å². The van der Waals surface area contributed by atoms with Gasteiger partial charge in [-0.05, 0) is 43.7 Å². The van der Waals surface area contributed by atoms with E-state index in [1.807, 2.05) is 6.07 Å². The van der Waals surface area contributed by atoms with Crippen LogP contribution in [0.5, 0.6) is 0 Å². The van der Waals surface area contributed by atoms with Crippen molar-refractivity contribution in [3.63, 3.8) is 0 Å². The zero-order valence-corrected chi connectivity index (χ0v) is 18.9. The van der Waals surface area contributed by atoms with Gasteiger partial charge in [0.15, 0.2) is 0 Å². The van der Waals surface area contributed by atoms with Gasteiger partial charge in [0.25, 0.3) is 0 Å². The third kappa shape index (κ3) is 4.37. The second kappa shape index (κ2) is 9.29. The van der Waals surface area contributed by atoms with Gasteiger partial charge in [0.2, 0.25) is 17.7 Å². The lowest BCUT2D eigenvalue weighted by Crippen LogP contribution is -2.46. The summed E-state index contributed by atoms with van der Waals surface area (Å²) in [7, 11) is 1.75. The number of ether oxygens (including phenoxy) is 1. The van der Waals surface area contributed by atoms with E-state index in [-0.39, 0.29) is 42.7 Å². The monoisotopic (exact) mass is 446 g/mol. The number of halogens is 1. The number of rotatable bonds is 6. The van der Waals surface area contributed by atoms with Gasteiger partial charge in [0, 0.05) is 44.1 Å². The van der Waals surface area contributed by atoms with Crippen LogP contribution in [-0.2, 0) is 24.5 Å². The molecule has 3 amide bonds. The van der Waals surface area contributed by atoms with E-state index in [9.17, 15) is 14.4 Å². The molecule has 3 aliphatic rings. The van der Waals surface area contributed by atoms with Crippen LogP contribution >= 0.6 is 11.6 Å². The van der Waals surface area contributed by atoms with Crippen molar-refractivity contribution >= 4 is 29.3 Å². The summed E-state index contributed by atoms with van der Waals surface area (Å²) in [5.74, 6) is -0.625. The Balaban J connectivity index is 1.61. The van der Waals surface area contributed by atoms with Crippen molar-refractivity contribution in [3.05, 3.63) is 34.9 Å². The van der Waals surface area contributed by atoms with Crippen LogP contribution in [0.25, 0.3) is 0 Å². The number of nitrogens with zero attached hydrogens (tertiary/aromatic N) is 2. The van der Waals surface area contributed by atoms with Crippen molar-refractivity contribution < 1.29 is 19.1 Å².